The van der Waals surface area contributed by atoms with Crippen LogP contribution in [0.5, 0.6) is 0 Å². The largest absolute Gasteiger partial charge is 0.352 e. The van der Waals surface area contributed by atoms with E-state index in [1.807, 2.05) is 12.1 Å². The maximum Gasteiger partial charge on any atom is 0.276 e. The van der Waals surface area contributed by atoms with Crippen molar-refractivity contribution < 1.29 is 9.18 Å². The van der Waals surface area contributed by atoms with E-state index >= 15 is 0 Å². The molecule has 0 atom stereocenters. The van der Waals surface area contributed by atoms with Crippen molar-refractivity contribution >= 4 is 23.0 Å². The van der Waals surface area contributed by atoms with E-state index in [-0.39, 0.29) is 30.2 Å². The fourth-order valence-corrected chi connectivity index (χ4v) is 3.33. The fraction of sp³-hybridized carbons (Fsp3) is 0.136. The topological polar surface area (TPSA) is 68.4 Å². The predicted octanol–water partition coefficient (Wildman–Crippen LogP) is 3.66. The smallest absolute Gasteiger partial charge is 0.276 e. The summed E-state index contributed by atoms with van der Waals surface area (Å²) >= 11 is 5.94. The van der Waals surface area contributed by atoms with Crippen molar-refractivity contribution in [2.24, 2.45) is 0 Å². The molecule has 1 N–H and O–H groups in total. The van der Waals surface area contributed by atoms with Crippen LogP contribution in [0.15, 0.2) is 71.8 Å². The number of aromatic nitrogens is 3. The summed E-state index contributed by atoms with van der Waals surface area (Å²) in [7, 11) is 0. The van der Waals surface area contributed by atoms with Gasteiger partial charge in [0.05, 0.1) is 5.69 Å². The van der Waals surface area contributed by atoms with Crippen molar-refractivity contribution in [3.05, 3.63) is 93.7 Å². The van der Waals surface area contributed by atoms with Crippen molar-refractivity contribution in [3.8, 4) is 11.3 Å². The molecule has 2 heterocycles. The summed E-state index contributed by atoms with van der Waals surface area (Å²) in [6.45, 7) is 0.616. The first-order valence-electron chi connectivity index (χ1n) is 9.35. The van der Waals surface area contributed by atoms with Crippen LogP contribution in [0.25, 0.3) is 16.8 Å². The van der Waals surface area contributed by atoms with Gasteiger partial charge in [-0.15, -0.1) is 0 Å². The lowest BCUT2D eigenvalue weighted by atomic mass is 10.1. The van der Waals surface area contributed by atoms with Gasteiger partial charge in [-0.05, 0) is 48.0 Å². The third kappa shape index (κ3) is 4.41. The molecule has 6 nitrogen and oxygen atoms in total. The van der Waals surface area contributed by atoms with E-state index in [1.54, 1.807) is 42.7 Å². The van der Waals surface area contributed by atoms with Crippen LogP contribution in [0.1, 0.15) is 12.0 Å². The molecule has 0 saturated heterocycles. The molecular formula is C22H18ClFN4O2. The first kappa shape index (κ1) is 19.8. The van der Waals surface area contributed by atoms with Gasteiger partial charge in [0, 0.05) is 42.5 Å². The molecule has 30 heavy (non-hydrogen) atoms. The molecule has 8 heteroatoms. The predicted molar refractivity (Wildman–Crippen MR) is 113 cm³/mol. The van der Waals surface area contributed by atoms with Crippen molar-refractivity contribution in [3.63, 3.8) is 0 Å². The number of hydrogen-bond donors (Lipinski definition) is 1. The lowest BCUT2D eigenvalue weighted by molar-refractivity contribution is -0.121. The number of hydrogen-bond acceptors (Lipinski definition) is 3. The minimum absolute atomic E-state index is 0.162. The van der Waals surface area contributed by atoms with E-state index in [0.717, 1.165) is 5.56 Å². The molecule has 2 aromatic heterocycles. The summed E-state index contributed by atoms with van der Waals surface area (Å²) in [5.41, 5.74) is 2.33. The van der Waals surface area contributed by atoms with E-state index in [2.05, 4.69) is 10.4 Å². The van der Waals surface area contributed by atoms with Gasteiger partial charge in [-0.1, -0.05) is 23.7 Å². The number of nitrogens with one attached hydrogen (secondary N) is 1. The molecule has 0 radical (unpaired) electrons. The van der Waals surface area contributed by atoms with Crippen molar-refractivity contribution in [1.82, 2.24) is 19.5 Å². The summed E-state index contributed by atoms with van der Waals surface area (Å²) in [4.78, 5) is 24.9. The van der Waals surface area contributed by atoms with Crippen LogP contribution in [-0.4, -0.2) is 20.1 Å². The van der Waals surface area contributed by atoms with Crippen LogP contribution in [0.4, 0.5) is 4.39 Å². The Morgan fingerprint density at radius 3 is 2.67 bits per heavy atom. The van der Waals surface area contributed by atoms with Gasteiger partial charge in [0.25, 0.3) is 5.56 Å². The average molecular weight is 425 g/mol. The lowest BCUT2D eigenvalue weighted by Gasteiger charge is -2.08. The number of carbonyl (C=O) groups excluding carboxylic acids is 1. The Morgan fingerprint density at radius 1 is 1.10 bits per heavy atom. The molecule has 0 bridgehead atoms. The summed E-state index contributed by atoms with van der Waals surface area (Å²) in [6, 6.07) is 14.8. The molecule has 4 aromatic rings. The highest BCUT2D eigenvalue weighted by atomic mass is 35.5. The number of benzene rings is 2. The molecule has 152 valence electrons. The molecule has 0 fully saturated rings. The highest BCUT2D eigenvalue weighted by molar-refractivity contribution is 6.30. The van der Waals surface area contributed by atoms with Gasteiger partial charge in [0.2, 0.25) is 5.91 Å². The Hall–Kier alpha value is -3.45. The highest BCUT2D eigenvalue weighted by Crippen LogP contribution is 2.18. The van der Waals surface area contributed by atoms with Gasteiger partial charge in [0.15, 0.2) is 0 Å². The molecule has 0 aliphatic rings. The third-order valence-electron chi connectivity index (χ3n) is 4.70. The minimum Gasteiger partial charge on any atom is -0.352 e. The minimum atomic E-state index is -0.335. The molecule has 4 rings (SSSR count). The van der Waals surface area contributed by atoms with Gasteiger partial charge in [-0.3, -0.25) is 9.59 Å². The standard InChI is InChI=1S/C22H18ClFN4O2/c23-17-3-1-2-15(12-17)14-25-21(29)8-9-27-10-11-28-20(22(27)30)13-19(26-28)16-4-6-18(24)7-5-16/h1-7,10-13H,8-9,14H2,(H,25,29). The molecule has 0 unspecified atom stereocenters. The van der Waals surface area contributed by atoms with Crippen molar-refractivity contribution in [2.75, 3.05) is 0 Å². The second kappa shape index (κ2) is 8.51. The zero-order valence-corrected chi connectivity index (χ0v) is 16.6. The van der Waals surface area contributed by atoms with Gasteiger partial charge in [0.1, 0.15) is 11.3 Å². The number of fused-ring (bicyclic) bond motifs is 1. The quantitative estimate of drug-likeness (QED) is 0.513. The van der Waals surface area contributed by atoms with Crippen LogP contribution in [0, 0.1) is 5.82 Å². The first-order chi connectivity index (χ1) is 14.5. The number of nitrogens with zero attached hydrogens (tertiary/aromatic N) is 3. The number of amides is 1. The van der Waals surface area contributed by atoms with Crippen LogP contribution < -0.4 is 10.9 Å². The van der Waals surface area contributed by atoms with E-state index in [4.69, 9.17) is 11.6 Å². The Balaban J connectivity index is 1.44. The molecule has 0 saturated carbocycles. The second-order valence-corrected chi connectivity index (χ2v) is 7.26. The number of carbonyl (C=O) groups is 1. The summed E-state index contributed by atoms with van der Waals surface area (Å²) in [5.74, 6) is -0.499. The normalized spacial score (nSPS) is 11.0. The molecule has 0 aliphatic heterocycles. The lowest BCUT2D eigenvalue weighted by Crippen LogP contribution is -2.27. The summed E-state index contributed by atoms with van der Waals surface area (Å²) in [5, 5.41) is 7.81. The van der Waals surface area contributed by atoms with E-state index in [1.165, 1.54) is 21.2 Å². The van der Waals surface area contributed by atoms with Gasteiger partial charge in [-0.25, -0.2) is 8.91 Å². The molecular weight excluding hydrogens is 407 g/mol. The van der Waals surface area contributed by atoms with E-state index in [0.29, 0.717) is 28.3 Å². The van der Waals surface area contributed by atoms with Crippen LogP contribution in [0.2, 0.25) is 5.02 Å². The van der Waals surface area contributed by atoms with Crippen molar-refractivity contribution in [1.29, 1.82) is 0 Å². The Kier molecular flexibility index (Phi) is 5.63. The van der Waals surface area contributed by atoms with Gasteiger partial charge >= 0.3 is 0 Å². The monoisotopic (exact) mass is 424 g/mol. The van der Waals surface area contributed by atoms with Gasteiger partial charge < -0.3 is 9.88 Å². The first-order valence-corrected chi connectivity index (χ1v) is 9.73. The van der Waals surface area contributed by atoms with Gasteiger partial charge in [-0.2, -0.15) is 5.10 Å². The zero-order valence-electron chi connectivity index (χ0n) is 15.9. The fourth-order valence-electron chi connectivity index (χ4n) is 3.12. The Labute approximate surface area is 176 Å². The number of aryl methyl sites for hydroxylation is 1. The van der Waals surface area contributed by atoms with Crippen LogP contribution in [-0.2, 0) is 17.9 Å². The zero-order chi connectivity index (χ0) is 21.1. The maximum absolute atomic E-state index is 13.1. The van der Waals surface area contributed by atoms with Crippen molar-refractivity contribution in [2.45, 2.75) is 19.5 Å². The van der Waals surface area contributed by atoms with Crippen LogP contribution >= 0.6 is 11.6 Å². The second-order valence-electron chi connectivity index (χ2n) is 6.82. The molecule has 1 amide bonds. The number of rotatable bonds is 6. The summed E-state index contributed by atoms with van der Waals surface area (Å²) in [6.07, 6.45) is 3.42. The maximum atomic E-state index is 13.1. The third-order valence-corrected chi connectivity index (χ3v) is 4.94. The SMILES string of the molecule is O=C(CCn1ccn2nc(-c3ccc(F)cc3)cc2c1=O)NCc1cccc(Cl)c1. The average Bonchev–Trinajstić information content (AvgIpc) is 3.17. The van der Waals surface area contributed by atoms with E-state index < -0.39 is 0 Å². The Bertz CT molecular complexity index is 1260. The molecule has 2 aromatic carbocycles. The number of halogens is 2. The van der Waals surface area contributed by atoms with Crippen LogP contribution in [0.3, 0.4) is 0 Å². The summed E-state index contributed by atoms with van der Waals surface area (Å²) < 4.78 is 16.1. The highest BCUT2D eigenvalue weighted by Gasteiger charge is 2.10. The molecule has 0 aliphatic carbocycles. The molecule has 0 spiro atoms. The van der Waals surface area contributed by atoms with E-state index in [9.17, 15) is 14.0 Å². The Morgan fingerprint density at radius 2 is 1.90 bits per heavy atom.